The van der Waals surface area contributed by atoms with Gasteiger partial charge in [-0.25, -0.2) is 39.9 Å². The Morgan fingerprint density at radius 3 is 2.35 bits per heavy atom. The molecule has 2 aliphatic heterocycles. The highest BCUT2D eigenvalue weighted by atomic mass is 32.2. The number of hydrogen-bond acceptors (Lipinski definition) is 6. The van der Waals surface area contributed by atoms with Crippen molar-refractivity contribution in [2.24, 2.45) is 0 Å². The largest absolute Gasteiger partial charge is 0.573 e. The molecule has 0 aliphatic carbocycles. The molecule has 40 heavy (non-hydrogen) atoms. The Labute approximate surface area is 219 Å². The smallest absolute Gasteiger partial charge is 0.406 e. The van der Waals surface area contributed by atoms with Crippen molar-refractivity contribution < 1.29 is 57.6 Å². The molecule has 2 amide bonds. The van der Waals surface area contributed by atoms with E-state index in [0.717, 1.165) is 0 Å². The number of benzene rings is 2. The van der Waals surface area contributed by atoms with Gasteiger partial charge in [0.15, 0.2) is 11.4 Å². The van der Waals surface area contributed by atoms with Gasteiger partial charge in [0.25, 0.3) is 5.92 Å². The molecule has 0 spiro atoms. The highest BCUT2D eigenvalue weighted by Crippen LogP contribution is 2.45. The fourth-order valence-electron chi connectivity index (χ4n) is 4.72. The number of fused-ring (bicyclic) bond motifs is 2. The van der Waals surface area contributed by atoms with Gasteiger partial charge in [-0.2, -0.15) is 0 Å². The Hall–Kier alpha value is -3.67. The topological polar surface area (TPSA) is 105 Å². The lowest BCUT2D eigenvalue weighted by Crippen LogP contribution is -2.51. The predicted octanol–water partition coefficient (Wildman–Crippen LogP) is 4.38. The van der Waals surface area contributed by atoms with Crippen LogP contribution in [0.1, 0.15) is 6.92 Å². The van der Waals surface area contributed by atoms with Crippen LogP contribution in [0.15, 0.2) is 28.8 Å². The number of aromatic nitrogens is 1. The molecule has 9 nitrogen and oxygen atoms in total. The number of rotatable bonds is 6. The van der Waals surface area contributed by atoms with E-state index in [0.29, 0.717) is 21.9 Å². The van der Waals surface area contributed by atoms with Crippen LogP contribution in [0.3, 0.4) is 0 Å². The second kappa shape index (κ2) is 9.18. The van der Waals surface area contributed by atoms with Gasteiger partial charge in [0.05, 0.1) is 23.2 Å². The van der Waals surface area contributed by atoms with Crippen LogP contribution in [0.25, 0.3) is 22.1 Å². The summed E-state index contributed by atoms with van der Waals surface area (Å²) in [6, 6.07) is -3.22. The van der Waals surface area contributed by atoms with Gasteiger partial charge in [0.2, 0.25) is 10.0 Å². The summed E-state index contributed by atoms with van der Waals surface area (Å²) in [7, 11) is -4.07. The number of carbonyl (C=O) groups is 1. The summed E-state index contributed by atoms with van der Waals surface area (Å²) in [6.07, 6.45) is -5.25. The molecule has 3 aromatic rings. The number of amides is 2. The molecule has 2 aromatic carbocycles. The number of hydrogen-bond donors (Lipinski definition) is 1. The van der Waals surface area contributed by atoms with E-state index in [1.807, 2.05) is 4.72 Å². The van der Waals surface area contributed by atoms with Crippen LogP contribution in [0.4, 0.5) is 45.7 Å². The Kier molecular flexibility index (Phi) is 6.40. The van der Waals surface area contributed by atoms with Crippen molar-refractivity contribution >= 4 is 32.8 Å². The van der Waals surface area contributed by atoms with Crippen LogP contribution in [-0.2, 0) is 10.0 Å². The Bertz CT molecular complexity index is 1600. The number of halogens is 8. The molecule has 0 bridgehead atoms. The van der Waals surface area contributed by atoms with Gasteiger partial charge in [0.1, 0.15) is 35.3 Å². The van der Waals surface area contributed by atoms with Crippen molar-refractivity contribution in [2.75, 3.05) is 23.7 Å². The summed E-state index contributed by atoms with van der Waals surface area (Å²) in [4.78, 5) is 14.5. The van der Waals surface area contributed by atoms with Crippen LogP contribution >= 0.6 is 0 Å². The third-order valence-corrected chi connectivity index (χ3v) is 7.90. The molecule has 2 saturated heterocycles. The van der Waals surface area contributed by atoms with E-state index < -0.39 is 110 Å². The molecule has 2 aliphatic rings. The second-order valence-corrected chi connectivity index (χ2v) is 11.0. The molecule has 2 fully saturated rings. The molecule has 18 heteroatoms. The quantitative estimate of drug-likeness (QED) is 0.422. The maximum atomic E-state index is 15.2. The molecule has 3 heterocycles. The van der Waals surface area contributed by atoms with Crippen LogP contribution in [0, 0.1) is 17.5 Å². The number of sulfonamides is 1. The third kappa shape index (κ3) is 4.67. The Morgan fingerprint density at radius 1 is 1.12 bits per heavy atom. The molecule has 0 radical (unpaired) electrons. The fraction of sp³-hybridized carbons (Fsp3) is 0.364. The van der Waals surface area contributed by atoms with E-state index in [-0.39, 0.29) is 12.1 Å². The summed E-state index contributed by atoms with van der Waals surface area (Å²) in [5, 5.41) is 3.13. The first kappa shape index (κ1) is 27.9. The number of alkyl halides is 5. The van der Waals surface area contributed by atoms with Gasteiger partial charge in [-0.15, -0.1) is 13.2 Å². The number of nitrogens with zero attached hydrogens (tertiary/aromatic N) is 3. The number of nitrogens with one attached hydrogen (secondary N) is 1. The van der Waals surface area contributed by atoms with E-state index in [1.165, 1.54) is 6.92 Å². The minimum atomic E-state index is -5.25. The molecule has 2 atom stereocenters. The molecule has 0 saturated carbocycles. The standard InChI is InChI=1S/C22H16F8N4O5S/c1-2-40(36,37)32-15-7-33-16(21(15,26)27)8-34(20(33)35)19-18-11(17-12(24)3-9(23)4-13(17)25)5-10(38-22(28,29)30)6-14(18)39-31-19/h3-6,15-16,32H,2,7-8H2,1H3/t15-,16-/m1/s1. The third-order valence-electron chi connectivity index (χ3n) is 6.49. The lowest BCUT2D eigenvalue weighted by atomic mass is 9.99. The molecular weight excluding hydrogens is 584 g/mol. The lowest BCUT2D eigenvalue weighted by molar-refractivity contribution is -0.274. The van der Waals surface area contributed by atoms with E-state index in [9.17, 15) is 39.6 Å². The average molecular weight is 600 g/mol. The van der Waals surface area contributed by atoms with E-state index in [1.54, 1.807) is 0 Å². The maximum absolute atomic E-state index is 15.2. The average Bonchev–Trinajstić information content (AvgIpc) is 3.44. The summed E-state index contributed by atoms with van der Waals surface area (Å²) >= 11 is 0. The Balaban J connectivity index is 1.61. The first-order valence-electron chi connectivity index (χ1n) is 11.3. The molecule has 1 N–H and O–H groups in total. The molecule has 1 aromatic heterocycles. The lowest BCUT2D eigenvalue weighted by Gasteiger charge is -2.23. The van der Waals surface area contributed by atoms with E-state index in [2.05, 4.69) is 9.89 Å². The number of ether oxygens (including phenoxy) is 1. The zero-order valence-corrected chi connectivity index (χ0v) is 20.7. The normalized spacial score (nSPS) is 21.0. The maximum Gasteiger partial charge on any atom is 0.573 e. The van der Waals surface area contributed by atoms with Gasteiger partial charge in [-0.05, 0) is 13.0 Å². The van der Waals surface area contributed by atoms with Crippen molar-refractivity contribution in [3.8, 4) is 16.9 Å². The van der Waals surface area contributed by atoms with E-state index >= 15 is 8.78 Å². The fourth-order valence-corrected chi connectivity index (χ4v) is 5.55. The van der Waals surface area contributed by atoms with Gasteiger partial charge in [-0.3, -0.25) is 4.90 Å². The highest BCUT2D eigenvalue weighted by Gasteiger charge is 2.63. The van der Waals surface area contributed by atoms with Gasteiger partial charge in [0, 0.05) is 30.3 Å². The summed E-state index contributed by atoms with van der Waals surface area (Å²) in [5.74, 6) is -10.3. The molecule has 5 rings (SSSR count). The first-order valence-corrected chi connectivity index (χ1v) is 13.0. The molecule has 216 valence electrons. The predicted molar refractivity (Wildman–Crippen MR) is 121 cm³/mol. The second-order valence-electron chi connectivity index (χ2n) is 8.95. The van der Waals surface area contributed by atoms with E-state index in [4.69, 9.17) is 4.52 Å². The summed E-state index contributed by atoms with van der Waals surface area (Å²) < 4.78 is 147. The molecule has 0 unspecified atom stereocenters. The monoisotopic (exact) mass is 600 g/mol. The SMILES string of the molecule is CCS(=O)(=O)N[C@@H]1CN2C(=O)N(c3noc4cc(OC(F)(F)F)cc(-c5c(F)cc(F)cc5F)c34)C[C@@H]2C1(F)F. The number of anilines is 1. The zero-order valence-electron chi connectivity index (χ0n) is 19.9. The summed E-state index contributed by atoms with van der Waals surface area (Å²) in [5.41, 5.74) is -2.31. The molecular formula is C22H16F8N4O5S. The number of carbonyl (C=O) groups excluding carboxylic acids is 1. The minimum absolute atomic E-state index is 0.254. The van der Waals surface area contributed by atoms with Crippen LogP contribution < -0.4 is 14.4 Å². The van der Waals surface area contributed by atoms with Crippen molar-refractivity contribution in [1.29, 1.82) is 0 Å². The van der Waals surface area contributed by atoms with Crippen molar-refractivity contribution in [3.05, 3.63) is 41.7 Å². The minimum Gasteiger partial charge on any atom is -0.406 e. The van der Waals surface area contributed by atoms with Crippen LogP contribution in [-0.4, -0.2) is 67.7 Å². The highest BCUT2D eigenvalue weighted by molar-refractivity contribution is 7.89. The van der Waals surface area contributed by atoms with Crippen molar-refractivity contribution in [2.45, 2.75) is 31.3 Å². The van der Waals surface area contributed by atoms with Crippen LogP contribution in [0.2, 0.25) is 0 Å². The first-order chi connectivity index (χ1) is 18.5. The number of urea groups is 1. The zero-order chi connectivity index (χ0) is 29.4. The van der Waals surface area contributed by atoms with Gasteiger partial charge in [-0.1, -0.05) is 5.16 Å². The van der Waals surface area contributed by atoms with Crippen LogP contribution in [0.5, 0.6) is 5.75 Å². The van der Waals surface area contributed by atoms with Gasteiger partial charge < -0.3 is 14.2 Å². The summed E-state index contributed by atoms with van der Waals surface area (Å²) in [6.45, 7) is -0.305. The van der Waals surface area contributed by atoms with Crippen molar-refractivity contribution in [1.82, 2.24) is 14.8 Å². The van der Waals surface area contributed by atoms with Gasteiger partial charge >= 0.3 is 12.4 Å². The van der Waals surface area contributed by atoms with Crippen molar-refractivity contribution in [3.63, 3.8) is 0 Å². The Morgan fingerprint density at radius 2 is 1.77 bits per heavy atom.